The molecule has 0 aromatic carbocycles. The Hall–Kier alpha value is -0.950. The van der Waals surface area contributed by atoms with Crippen molar-refractivity contribution < 1.29 is 4.79 Å². The molecular weight excluding hydrogens is 398 g/mol. The summed E-state index contributed by atoms with van der Waals surface area (Å²) in [6, 6.07) is 6.15. The van der Waals surface area contributed by atoms with Crippen LogP contribution in [0.3, 0.4) is 0 Å². The van der Waals surface area contributed by atoms with Gasteiger partial charge in [0.2, 0.25) is 5.91 Å². The molecule has 0 radical (unpaired) electrons. The quantitative estimate of drug-likeness (QED) is 0.830. The molecule has 2 aromatic heterocycles. The monoisotopic (exact) mass is 415 g/mol. The van der Waals surface area contributed by atoms with Gasteiger partial charge in [0.25, 0.3) is 0 Å². The summed E-state index contributed by atoms with van der Waals surface area (Å²) in [6.45, 7) is 2.40. The topological polar surface area (TPSA) is 45.2 Å². The maximum absolute atomic E-state index is 12.6. The van der Waals surface area contributed by atoms with E-state index in [1.165, 1.54) is 4.88 Å². The molecule has 2 aromatic rings. The molecule has 0 bridgehead atoms. The van der Waals surface area contributed by atoms with Crippen LogP contribution in [0.2, 0.25) is 0 Å². The molecule has 4 nitrogen and oxygen atoms in total. The van der Waals surface area contributed by atoms with Crippen LogP contribution in [0.15, 0.2) is 40.4 Å². The van der Waals surface area contributed by atoms with E-state index < -0.39 is 0 Å². The first-order valence-corrected chi connectivity index (χ1v) is 9.04. The number of pyridine rings is 1. The van der Waals surface area contributed by atoms with E-state index in [-0.39, 0.29) is 24.4 Å². The summed E-state index contributed by atoms with van der Waals surface area (Å²) in [6.07, 6.45) is 4.98. The zero-order chi connectivity index (χ0) is 15.4. The number of nitrogens with one attached hydrogen (secondary N) is 1. The van der Waals surface area contributed by atoms with Crippen molar-refractivity contribution in [3.05, 3.63) is 50.9 Å². The minimum absolute atomic E-state index is 0. The number of piperazine rings is 1. The van der Waals surface area contributed by atoms with Crippen molar-refractivity contribution in [3.8, 4) is 0 Å². The van der Waals surface area contributed by atoms with Crippen molar-refractivity contribution >= 4 is 45.6 Å². The lowest BCUT2D eigenvalue weighted by atomic mass is 10.0. The number of hydrogen-bond acceptors (Lipinski definition) is 4. The largest absolute Gasteiger partial charge is 0.333 e. The lowest BCUT2D eigenvalue weighted by Gasteiger charge is -2.36. The van der Waals surface area contributed by atoms with Crippen LogP contribution in [0.25, 0.3) is 0 Å². The second kappa shape index (κ2) is 8.78. The van der Waals surface area contributed by atoms with Crippen molar-refractivity contribution in [1.29, 1.82) is 0 Å². The Morgan fingerprint density at radius 3 is 3.09 bits per heavy atom. The number of halogens is 2. The van der Waals surface area contributed by atoms with Crippen LogP contribution in [0.5, 0.6) is 0 Å². The van der Waals surface area contributed by atoms with Gasteiger partial charge in [0, 0.05) is 53.2 Å². The zero-order valence-electron chi connectivity index (χ0n) is 12.6. The molecule has 1 saturated heterocycles. The van der Waals surface area contributed by atoms with Gasteiger partial charge in [-0.25, -0.2) is 0 Å². The van der Waals surface area contributed by atoms with Gasteiger partial charge in [-0.1, -0.05) is 6.07 Å². The molecular formula is C16H19BrClN3OS. The van der Waals surface area contributed by atoms with E-state index in [1.807, 2.05) is 23.2 Å². The Morgan fingerprint density at radius 2 is 2.39 bits per heavy atom. The summed E-state index contributed by atoms with van der Waals surface area (Å²) in [5.74, 6) is 0.222. The minimum Gasteiger partial charge on any atom is -0.333 e. The Kier molecular flexibility index (Phi) is 7.02. The van der Waals surface area contributed by atoms with E-state index in [0.717, 1.165) is 36.1 Å². The fourth-order valence-corrected chi connectivity index (χ4v) is 4.19. The molecule has 7 heteroatoms. The van der Waals surface area contributed by atoms with Crippen molar-refractivity contribution in [2.24, 2.45) is 0 Å². The van der Waals surface area contributed by atoms with Crippen LogP contribution < -0.4 is 5.32 Å². The maximum Gasteiger partial charge on any atom is 0.223 e. The lowest BCUT2D eigenvalue weighted by molar-refractivity contribution is -0.134. The van der Waals surface area contributed by atoms with Crippen LogP contribution in [0.1, 0.15) is 22.9 Å². The number of carbonyl (C=O) groups is 1. The van der Waals surface area contributed by atoms with E-state index in [9.17, 15) is 4.79 Å². The van der Waals surface area contributed by atoms with Gasteiger partial charge in [-0.05, 0) is 40.0 Å². The zero-order valence-corrected chi connectivity index (χ0v) is 15.8. The van der Waals surface area contributed by atoms with Gasteiger partial charge < -0.3 is 10.2 Å². The fraction of sp³-hybridized carbons (Fsp3) is 0.375. The second-order valence-corrected chi connectivity index (χ2v) is 7.24. The van der Waals surface area contributed by atoms with E-state index in [0.29, 0.717) is 6.42 Å². The number of thiophene rings is 1. The number of nitrogens with zero attached hydrogens (tertiary/aromatic N) is 2. The Balaban J connectivity index is 0.00000192. The first kappa shape index (κ1) is 18.4. The molecule has 23 heavy (non-hydrogen) atoms. The average molecular weight is 417 g/mol. The summed E-state index contributed by atoms with van der Waals surface area (Å²) in [5, 5.41) is 5.43. The average Bonchev–Trinajstić information content (AvgIpc) is 2.99. The number of aromatic nitrogens is 1. The highest BCUT2D eigenvalue weighted by Gasteiger charge is 2.27. The Bertz CT molecular complexity index is 637. The summed E-state index contributed by atoms with van der Waals surface area (Å²) in [5.41, 5.74) is 1.10. The molecule has 1 atom stereocenters. The second-order valence-electron chi connectivity index (χ2n) is 5.32. The smallest absolute Gasteiger partial charge is 0.223 e. The van der Waals surface area contributed by atoms with E-state index >= 15 is 0 Å². The Morgan fingerprint density at radius 1 is 1.52 bits per heavy atom. The van der Waals surface area contributed by atoms with Gasteiger partial charge in [-0.15, -0.1) is 23.7 Å². The predicted molar refractivity (Wildman–Crippen MR) is 99.1 cm³/mol. The molecule has 1 N–H and O–H groups in total. The first-order valence-electron chi connectivity index (χ1n) is 7.37. The first-order chi connectivity index (χ1) is 10.7. The van der Waals surface area contributed by atoms with Crippen molar-refractivity contribution in [2.75, 3.05) is 19.6 Å². The molecule has 3 heterocycles. The summed E-state index contributed by atoms with van der Waals surface area (Å²) in [4.78, 5) is 20.1. The SMILES string of the molecule is Cl.O=C(CCc1cc(Br)cs1)N1CCNCC1c1cccnc1. The lowest BCUT2D eigenvalue weighted by Crippen LogP contribution is -2.48. The third-order valence-electron chi connectivity index (χ3n) is 3.84. The van der Waals surface area contributed by atoms with Gasteiger partial charge in [0.1, 0.15) is 0 Å². The van der Waals surface area contributed by atoms with Crippen LogP contribution in [-0.4, -0.2) is 35.4 Å². The van der Waals surface area contributed by atoms with Crippen LogP contribution >= 0.6 is 39.7 Å². The van der Waals surface area contributed by atoms with Crippen molar-refractivity contribution in [3.63, 3.8) is 0 Å². The van der Waals surface area contributed by atoms with Gasteiger partial charge in [0.05, 0.1) is 6.04 Å². The van der Waals surface area contributed by atoms with Crippen molar-refractivity contribution in [1.82, 2.24) is 15.2 Å². The summed E-state index contributed by atoms with van der Waals surface area (Å²) in [7, 11) is 0. The summed E-state index contributed by atoms with van der Waals surface area (Å²) < 4.78 is 1.09. The van der Waals surface area contributed by atoms with Crippen LogP contribution in [-0.2, 0) is 11.2 Å². The van der Waals surface area contributed by atoms with Crippen molar-refractivity contribution in [2.45, 2.75) is 18.9 Å². The fourth-order valence-electron chi connectivity index (χ4n) is 2.73. The van der Waals surface area contributed by atoms with Gasteiger partial charge in [0.15, 0.2) is 0 Å². The number of carbonyl (C=O) groups excluding carboxylic acids is 1. The molecule has 1 amide bonds. The number of rotatable bonds is 4. The molecule has 1 aliphatic rings. The third-order valence-corrected chi connectivity index (χ3v) is 5.60. The van der Waals surface area contributed by atoms with E-state index in [1.54, 1.807) is 17.5 Å². The van der Waals surface area contributed by atoms with Gasteiger partial charge >= 0.3 is 0 Å². The molecule has 1 aliphatic heterocycles. The number of aryl methyl sites for hydroxylation is 1. The molecule has 124 valence electrons. The molecule has 1 fully saturated rings. The molecule has 0 aliphatic carbocycles. The van der Waals surface area contributed by atoms with Gasteiger partial charge in [-0.2, -0.15) is 0 Å². The van der Waals surface area contributed by atoms with E-state index in [4.69, 9.17) is 0 Å². The number of amides is 1. The molecule has 0 spiro atoms. The standard InChI is InChI=1S/C16H18BrN3OS.ClH/c17-13-8-14(22-11-13)3-4-16(21)20-7-6-19-10-15(20)12-2-1-5-18-9-12;/h1-2,5,8-9,11,15,19H,3-4,6-7,10H2;1H. The maximum atomic E-state index is 12.6. The summed E-state index contributed by atoms with van der Waals surface area (Å²) >= 11 is 5.15. The minimum atomic E-state index is 0. The van der Waals surface area contributed by atoms with Crippen LogP contribution in [0, 0.1) is 0 Å². The predicted octanol–water partition coefficient (Wildman–Crippen LogP) is 3.43. The van der Waals surface area contributed by atoms with Crippen LogP contribution in [0.4, 0.5) is 0 Å². The van der Waals surface area contributed by atoms with E-state index in [2.05, 4.69) is 37.7 Å². The Labute approximate surface area is 154 Å². The highest BCUT2D eigenvalue weighted by molar-refractivity contribution is 9.10. The highest BCUT2D eigenvalue weighted by atomic mass is 79.9. The highest BCUT2D eigenvalue weighted by Crippen LogP contribution is 2.24. The normalized spacial score (nSPS) is 17.6. The molecule has 3 rings (SSSR count). The molecule has 1 unspecified atom stereocenters. The molecule has 0 saturated carbocycles. The number of hydrogen-bond donors (Lipinski definition) is 1. The third kappa shape index (κ3) is 4.76. The van der Waals surface area contributed by atoms with Gasteiger partial charge in [-0.3, -0.25) is 9.78 Å².